The molecule has 2 bridgehead atoms. The molecule has 2 saturated carbocycles. The quantitative estimate of drug-likeness (QED) is 0.832. The van der Waals surface area contributed by atoms with Gasteiger partial charge in [0.1, 0.15) is 0 Å². The third-order valence-corrected chi connectivity index (χ3v) is 9.89. The van der Waals surface area contributed by atoms with E-state index in [0.717, 1.165) is 30.5 Å². The van der Waals surface area contributed by atoms with Gasteiger partial charge in [0.2, 0.25) is 15.9 Å². The Hall–Kier alpha value is -1.44. The van der Waals surface area contributed by atoms with Crippen LogP contribution in [0.4, 0.5) is 5.69 Å². The molecule has 154 valence electrons. The number of carbonyl (C=O) groups is 1. The first-order valence-electron chi connectivity index (χ1n) is 10.2. The van der Waals surface area contributed by atoms with Crippen LogP contribution in [-0.2, 0) is 14.8 Å². The summed E-state index contributed by atoms with van der Waals surface area (Å²) in [6, 6.07) is 7.63. The Bertz CT molecular complexity index is 898. The van der Waals surface area contributed by atoms with Crippen LogP contribution in [0.1, 0.15) is 38.7 Å². The van der Waals surface area contributed by atoms with Gasteiger partial charge in [-0.1, -0.05) is 32.0 Å². The second-order valence-corrected chi connectivity index (χ2v) is 11.3. The Labute approximate surface area is 168 Å². The zero-order valence-electron chi connectivity index (χ0n) is 17.0. The number of piperazine rings is 1. The third-order valence-electron chi connectivity index (χ3n) is 7.92. The molecular formula is C21H31N3O3S. The topological polar surface area (TPSA) is 83.7 Å². The lowest BCUT2D eigenvalue weighted by Gasteiger charge is -2.43. The number of rotatable bonds is 4. The summed E-state index contributed by atoms with van der Waals surface area (Å²) in [6.07, 6.45) is 2.82. The Morgan fingerprint density at radius 3 is 2.50 bits per heavy atom. The second-order valence-electron chi connectivity index (χ2n) is 9.38. The van der Waals surface area contributed by atoms with Gasteiger partial charge in [-0.05, 0) is 49.1 Å². The van der Waals surface area contributed by atoms with E-state index in [0.29, 0.717) is 19.0 Å². The van der Waals surface area contributed by atoms with Crippen LogP contribution < -0.4 is 10.6 Å². The average molecular weight is 406 g/mol. The predicted octanol–water partition coefficient (Wildman–Crippen LogP) is 2.13. The SMILES string of the molecule is Cc1ccccc1N1CCN(S(=O)(=O)C[C@@]23CC[C@@H](C[C@H]2N)C3(C)C)CC1=O. The molecule has 0 spiro atoms. The number of para-hydroxylation sites is 1. The zero-order chi connectivity index (χ0) is 20.3. The fourth-order valence-corrected chi connectivity index (χ4v) is 8.15. The summed E-state index contributed by atoms with van der Waals surface area (Å²) >= 11 is 0. The second kappa shape index (κ2) is 6.54. The highest BCUT2D eigenvalue weighted by Gasteiger charge is 2.64. The van der Waals surface area contributed by atoms with Crippen molar-refractivity contribution in [1.82, 2.24) is 4.31 Å². The van der Waals surface area contributed by atoms with Gasteiger partial charge in [-0.25, -0.2) is 8.42 Å². The molecule has 1 aromatic carbocycles. The minimum atomic E-state index is -3.56. The number of hydrogen-bond donors (Lipinski definition) is 1. The van der Waals surface area contributed by atoms with Gasteiger partial charge in [0.05, 0.1) is 12.3 Å². The standard InChI is InChI=1S/C21H31N3O3S/c1-15-6-4-5-7-17(15)24-11-10-23(13-19(24)25)28(26,27)14-21-9-8-16(12-18(21)22)20(21,2)3/h4-7,16,18H,8-14,22H2,1-3H3/t16-,18+,21-/m0/s1. The maximum absolute atomic E-state index is 13.3. The average Bonchev–Trinajstić information content (AvgIpc) is 2.96. The molecule has 1 heterocycles. The Morgan fingerprint density at radius 2 is 1.93 bits per heavy atom. The van der Waals surface area contributed by atoms with Crippen molar-refractivity contribution < 1.29 is 13.2 Å². The van der Waals surface area contributed by atoms with Crippen LogP contribution in [0, 0.1) is 23.7 Å². The van der Waals surface area contributed by atoms with Crippen LogP contribution in [0.3, 0.4) is 0 Å². The van der Waals surface area contributed by atoms with Crippen molar-refractivity contribution in [1.29, 1.82) is 0 Å². The fourth-order valence-electron chi connectivity index (χ4n) is 5.92. The molecule has 3 fully saturated rings. The largest absolute Gasteiger partial charge is 0.327 e. The Kier molecular flexibility index (Phi) is 4.64. The van der Waals surface area contributed by atoms with Gasteiger partial charge in [0.25, 0.3) is 0 Å². The molecule has 0 unspecified atom stereocenters. The van der Waals surface area contributed by atoms with Crippen molar-refractivity contribution in [2.24, 2.45) is 22.5 Å². The van der Waals surface area contributed by atoms with Crippen molar-refractivity contribution >= 4 is 21.6 Å². The number of benzene rings is 1. The first kappa shape index (κ1) is 19.9. The summed E-state index contributed by atoms with van der Waals surface area (Å²) in [4.78, 5) is 14.5. The van der Waals surface area contributed by atoms with Crippen molar-refractivity contribution in [3.05, 3.63) is 29.8 Å². The summed E-state index contributed by atoms with van der Waals surface area (Å²) in [5.41, 5.74) is 7.87. The first-order valence-corrected chi connectivity index (χ1v) is 11.8. The van der Waals surface area contributed by atoms with E-state index in [1.165, 1.54) is 4.31 Å². The Balaban J connectivity index is 1.53. The van der Waals surface area contributed by atoms with Gasteiger partial charge in [-0.15, -0.1) is 0 Å². The van der Waals surface area contributed by atoms with Gasteiger partial charge in [-0.2, -0.15) is 4.31 Å². The highest BCUT2D eigenvalue weighted by molar-refractivity contribution is 7.89. The van der Waals surface area contributed by atoms with E-state index >= 15 is 0 Å². The predicted molar refractivity (Wildman–Crippen MR) is 110 cm³/mol. The van der Waals surface area contributed by atoms with E-state index in [-0.39, 0.29) is 35.1 Å². The molecule has 2 N–H and O–H groups in total. The molecule has 3 aliphatic rings. The molecule has 28 heavy (non-hydrogen) atoms. The number of nitrogens with zero attached hydrogens (tertiary/aromatic N) is 2. The molecule has 1 aromatic rings. The molecule has 1 saturated heterocycles. The maximum Gasteiger partial charge on any atom is 0.242 e. The highest BCUT2D eigenvalue weighted by Crippen LogP contribution is 2.65. The number of sulfonamides is 1. The van der Waals surface area contributed by atoms with Crippen LogP contribution in [0.25, 0.3) is 0 Å². The van der Waals surface area contributed by atoms with Crippen molar-refractivity contribution in [3.63, 3.8) is 0 Å². The van der Waals surface area contributed by atoms with Crippen molar-refractivity contribution in [2.75, 3.05) is 30.3 Å². The zero-order valence-corrected chi connectivity index (χ0v) is 17.8. The van der Waals surface area contributed by atoms with Crippen LogP contribution in [0.5, 0.6) is 0 Å². The fraction of sp³-hybridized carbons (Fsp3) is 0.667. The highest BCUT2D eigenvalue weighted by atomic mass is 32.2. The molecule has 3 atom stereocenters. The number of nitrogens with two attached hydrogens (primary N) is 1. The number of hydrogen-bond acceptors (Lipinski definition) is 4. The van der Waals surface area contributed by atoms with Crippen LogP contribution in [-0.4, -0.2) is 50.1 Å². The number of amides is 1. The Morgan fingerprint density at radius 1 is 1.21 bits per heavy atom. The summed E-state index contributed by atoms with van der Waals surface area (Å²) in [5.74, 6) is 0.389. The van der Waals surface area contributed by atoms with Gasteiger partial charge < -0.3 is 10.6 Å². The molecular weight excluding hydrogens is 374 g/mol. The molecule has 1 aliphatic heterocycles. The molecule has 7 heteroatoms. The van der Waals surface area contributed by atoms with Gasteiger partial charge in [0, 0.05) is 30.2 Å². The van der Waals surface area contributed by atoms with E-state index in [2.05, 4.69) is 13.8 Å². The molecule has 0 radical (unpaired) electrons. The smallest absolute Gasteiger partial charge is 0.242 e. The minimum Gasteiger partial charge on any atom is -0.327 e. The summed E-state index contributed by atoms with van der Waals surface area (Å²) in [5, 5.41) is 0. The molecule has 4 rings (SSSR count). The van der Waals surface area contributed by atoms with Gasteiger partial charge in [0.15, 0.2) is 0 Å². The number of fused-ring (bicyclic) bond motifs is 2. The lowest BCUT2D eigenvalue weighted by atomic mass is 9.69. The summed E-state index contributed by atoms with van der Waals surface area (Å²) in [6.45, 7) is 6.94. The number of carbonyl (C=O) groups excluding carboxylic acids is 1. The third kappa shape index (κ3) is 2.82. The van der Waals surface area contributed by atoms with E-state index in [1.807, 2.05) is 31.2 Å². The van der Waals surface area contributed by atoms with Crippen molar-refractivity contribution in [2.45, 2.75) is 46.1 Å². The van der Waals surface area contributed by atoms with Crippen molar-refractivity contribution in [3.8, 4) is 0 Å². The van der Waals surface area contributed by atoms with Crippen LogP contribution in [0.15, 0.2) is 24.3 Å². The lowest BCUT2D eigenvalue weighted by molar-refractivity contribution is -0.120. The molecule has 6 nitrogen and oxygen atoms in total. The van der Waals surface area contributed by atoms with Gasteiger partial charge in [-0.3, -0.25) is 4.79 Å². The van der Waals surface area contributed by atoms with E-state index in [9.17, 15) is 13.2 Å². The first-order chi connectivity index (χ1) is 13.1. The van der Waals surface area contributed by atoms with Crippen LogP contribution >= 0.6 is 0 Å². The van der Waals surface area contributed by atoms with E-state index in [1.54, 1.807) is 4.90 Å². The minimum absolute atomic E-state index is 0.0578. The summed E-state index contributed by atoms with van der Waals surface area (Å²) in [7, 11) is -3.56. The molecule has 2 aliphatic carbocycles. The number of aryl methyl sites for hydroxylation is 1. The molecule has 0 aromatic heterocycles. The molecule has 1 amide bonds. The van der Waals surface area contributed by atoms with Crippen LogP contribution in [0.2, 0.25) is 0 Å². The summed E-state index contributed by atoms with van der Waals surface area (Å²) < 4.78 is 28.0. The van der Waals surface area contributed by atoms with Gasteiger partial charge >= 0.3 is 0 Å². The normalized spacial score (nSPS) is 32.9. The maximum atomic E-state index is 13.3. The van der Waals surface area contributed by atoms with E-state index < -0.39 is 10.0 Å². The number of anilines is 1. The monoisotopic (exact) mass is 405 g/mol. The lowest BCUT2D eigenvalue weighted by Crippen LogP contribution is -2.56. The van der Waals surface area contributed by atoms with E-state index in [4.69, 9.17) is 5.73 Å².